The molecule has 26 heavy (non-hydrogen) atoms. The Hall–Kier alpha value is -3.22. The van der Waals surface area contributed by atoms with Crippen LogP contribution >= 0.6 is 0 Å². The molecule has 1 aliphatic rings. The summed E-state index contributed by atoms with van der Waals surface area (Å²) in [5.41, 5.74) is 3.91. The van der Waals surface area contributed by atoms with Crippen LogP contribution in [0.15, 0.2) is 46.3 Å². The highest BCUT2D eigenvalue weighted by Crippen LogP contribution is 2.38. The van der Waals surface area contributed by atoms with Crippen molar-refractivity contribution in [2.75, 3.05) is 11.9 Å². The zero-order valence-electron chi connectivity index (χ0n) is 14.2. The summed E-state index contributed by atoms with van der Waals surface area (Å²) in [5, 5.41) is 7.19. The number of esters is 1. The van der Waals surface area contributed by atoms with E-state index in [4.69, 9.17) is 9.15 Å². The third-order valence-corrected chi connectivity index (χ3v) is 4.54. The molecule has 0 fully saturated rings. The average molecular weight is 351 g/mol. The van der Waals surface area contributed by atoms with Crippen molar-refractivity contribution >= 4 is 28.3 Å². The minimum Gasteiger partial charge on any atom is -0.460 e. The van der Waals surface area contributed by atoms with Gasteiger partial charge in [-0.1, -0.05) is 11.2 Å². The third kappa shape index (κ3) is 2.71. The van der Waals surface area contributed by atoms with Gasteiger partial charge in [0, 0.05) is 17.3 Å². The number of nitrogens with zero attached hydrogens (tertiary/aromatic N) is 2. The highest BCUT2D eigenvalue weighted by Gasteiger charge is 2.25. The molecule has 0 saturated carbocycles. The molecule has 0 radical (unpaired) electrons. The van der Waals surface area contributed by atoms with Crippen LogP contribution < -0.4 is 5.32 Å². The number of furan rings is 1. The topological polar surface area (TPSA) is 93.8 Å². The lowest BCUT2D eigenvalue weighted by Gasteiger charge is -2.09. The van der Waals surface area contributed by atoms with Gasteiger partial charge >= 0.3 is 5.97 Å². The van der Waals surface area contributed by atoms with Gasteiger partial charge in [-0.25, -0.2) is 4.79 Å². The number of pyridine rings is 1. The first-order valence-corrected chi connectivity index (χ1v) is 8.47. The maximum atomic E-state index is 12.3. The van der Waals surface area contributed by atoms with E-state index in [1.807, 2.05) is 18.2 Å². The monoisotopic (exact) mass is 351 g/mol. The van der Waals surface area contributed by atoms with Crippen LogP contribution in [0.5, 0.6) is 0 Å². The second-order valence-electron chi connectivity index (χ2n) is 6.10. The number of fused-ring (bicyclic) bond motifs is 2. The summed E-state index contributed by atoms with van der Waals surface area (Å²) in [4.78, 5) is 27.2. The zero-order chi connectivity index (χ0) is 18.1. The number of carbonyl (C=O) groups is 1. The van der Waals surface area contributed by atoms with Crippen molar-refractivity contribution in [3.8, 4) is 0 Å². The Balaban J connectivity index is 1.74. The molecule has 7 heteroatoms. The molecule has 0 bridgehead atoms. The van der Waals surface area contributed by atoms with Crippen LogP contribution in [-0.2, 0) is 11.2 Å². The number of carbonyl (C=O) groups excluding carboxylic acids is 1. The van der Waals surface area contributed by atoms with Crippen LogP contribution in [0.3, 0.4) is 0 Å². The standard InChI is InChI=1S/C19H17N3O4/c1-2-25-19(23)18-17(14-7-8-20-10-16(14)26-18)21-12-4-5-13-11(9-12)3-6-15(13)22-24/h4-5,7-10,15,21H,2-3,6H2,1H3. The summed E-state index contributed by atoms with van der Waals surface area (Å²) >= 11 is 0. The SMILES string of the molecule is CCOC(=O)c1oc2cnccc2c1Nc1ccc2c(c1)CCC2N=O. The number of aryl methyl sites for hydroxylation is 1. The molecule has 1 N–H and O–H groups in total. The highest BCUT2D eigenvalue weighted by molar-refractivity contribution is 6.05. The molecule has 0 amide bonds. The highest BCUT2D eigenvalue weighted by atomic mass is 16.5. The molecular weight excluding hydrogens is 334 g/mol. The van der Waals surface area contributed by atoms with E-state index >= 15 is 0 Å². The third-order valence-electron chi connectivity index (χ3n) is 4.54. The summed E-state index contributed by atoms with van der Waals surface area (Å²) in [6.45, 7) is 2.00. The molecule has 2 heterocycles. The lowest BCUT2D eigenvalue weighted by molar-refractivity contribution is 0.0494. The van der Waals surface area contributed by atoms with E-state index in [0.717, 1.165) is 35.0 Å². The van der Waals surface area contributed by atoms with E-state index in [1.54, 1.807) is 25.4 Å². The largest absolute Gasteiger partial charge is 0.460 e. The second kappa shape index (κ2) is 6.59. The van der Waals surface area contributed by atoms with Crippen LogP contribution in [0.4, 0.5) is 11.4 Å². The van der Waals surface area contributed by atoms with Crippen LogP contribution in [0.2, 0.25) is 0 Å². The number of ether oxygens (including phenoxy) is 1. The van der Waals surface area contributed by atoms with Crippen molar-refractivity contribution in [1.82, 2.24) is 4.98 Å². The Morgan fingerprint density at radius 2 is 2.31 bits per heavy atom. The predicted molar refractivity (Wildman–Crippen MR) is 96.5 cm³/mol. The first-order valence-electron chi connectivity index (χ1n) is 8.47. The van der Waals surface area contributed by atoms with Crippen LogP contribution in [0.1, 0.15) is 41.1 Å². The molecule has 0 aliphatic heterocycles. The number of nitroso groups, excluding NO2 is 1. The van der Waals surface area contributed by atoms with Crippen molar-refractivity contribution in [3.63, 3.8) is 0 Å². The lowest BCUT2D eigenvalue weighted by Crippen LogP contribution is -2.06. The second-order valence-corrected chi connectivity index (χ2v) is 6.10. The molecule has 1 unspecified atom stereocenters. The maximum Gasteiger partial charge on any atom is 0.376 e. The van der Waals surface area contributed by atoms with Gasteiger partial charge < -0.3 is 14.5 Å². The molecule has 3 aromatic rings. The van der Waals surface area contributed by atoms with Crippen molar-refractivity contribution in [3.05, 3.63) is 58.5 Å². The summed E-state index contributed by atoms with van der Waals surface area (Å²) in [6.07, 6.45) is 4.74. The number of benzene rings is 1. The van der Waals surface area contributed by atoms with Crippen LogP contribution in [0, 0.1) is 4.91 Å². The zero-order valence-corrected chi connectivity index (χ0v) is 14.2. The number of anilines is 2. The smallest absolute Gasteiger partial charge is 0.376 e. The van der Waals surface area contributed by atoms with Gasteiger partial charge in [0.1, 0.15) is 11.7 Å². The Bertz CT molecular complexity index is 996. The van der Waals surface area contributed by atoms with Gasteiger partial charge in [-0.2, -0.15) is 4.91 Å². The molecule has 1 aromatic carbocycles. The molecule has 1 atom stereocenters. The van der Waals surface area contributed by atoms with Gasteiger partial charge in [0.2, 0.25) is 5.76 Å². The van der Waals surface area contributed by atoms with Crippen molar-refractivity contribution in [1.29, 1.82) is 0 Å². The van der Waals surface area contributed by atoms with Gasteiger partial charge in [-0.15, -0.1) is 0 Å². The maximum absolute atomic E-state index is 12.3. The van der Waals surface area contributed by atoms with Gasteiger partial charge in [-0.05, 0) is 49.1 Å². The van der Waals surface area contributed by atoms with E-state index in [-0.39, 0.29) is 18.4 Å². The molecule has 1 aliphatic carbocycles. The fourth-order valence-corrected chi connectivity index (χ4v) is 3.34. The van der Waals surface area contributed by atoms with Crippen molar-refractivity contribution in [2.45, 2.75) is 25.8 Å². The number of hydrogen-bond acceptors (Lipinski definition) is 7. The summed E-state index contributed by atoms with van der Waals surface area (Å²) in [5.74, 6) is -0.416. The minimum atomic E-state index is -0.530. The molecule has 7 nitrogen and oxygen atoms in total. The van der Waals surface area contributed by atoms with Gasteiger partial charge in [-0.3, -0.25) is 4.98 Å². The Morgan fingerprint density at radius 1 is 1.42 bits per heavy atom. The van der Waals surface area contributed by atoms with E-state index in [0.29, 0.717) is 11.3 Å². The number of rotatable bonds is 5. The van der Waals surface area contributed by atoms with Crippen LogP contribution in [0.25, 0.3) is 11.0 Å². The Morgan fingerprint density at radius 3 is 3.12 bits per heavy atom. The molecule has 0 saturated heterocycles. The summed E-state index contributed by atoms with van der Waals surface area (Å²) in [7, 11) is 0. The Kier molecular flexibility index (Phi) is 4.12. The molecule has 4 rings (SSSR count). The van der Waals surface area contributed by atoms with Crippen molar-refractivity contribution < 1.29 is 13.9 Å². The first-order chi connectivity index (χ1) is 12.7. The molecule has 0 spiro atoms. The van der Waals surface area contributed by atoms with Gasteiger partial charge in [0.25, 0.3) is 0 Å². The first kappa shape index (κ1) is 16.3. The predicted octanol–water partition coefficient (Wildman–Crippen LogP) is 4.50. The fourth-order valence-electron chi connectivity index (χ4n) is 3.34. The molecular formula is C19H17N3O4. The Labute approximate surface area is 149 Å². The normalized spacial score (nSPS) is 15.7. The van der Waals surface area contributed by atoms with E-state index in [2.05, 4.69) is 15.5 Å². The van der Waals surface area contributed by atoms with Crippen molar-refractivity contribution in [2.24, 2.45) is 5.18 Å². The fraction of sp³-hybridized carbons (Fsp3) is 0.263. The minimum absolute atomic E-state index is 0.114. The molecule has 2 aromatic heterocycles. The van der Waals surface area contributed by atoms with Gasteiger partial charge in [0.15, 0.2) is 5.58 Å². The van der Waals surface area contributed by atoms with E-state index in [9.17, 15) is 9.70 Å². The summed E-state index contributed by atoms with van der Waals surface area (Å²) in [6, 6.07) is 7.27. The average Bonchev–Trinajstić information content (AvgIpc) is 3.23. The van der Waals surface area contributed by atoms with Gasteiger partial charge in [0.05, 0.1) is 12.8 Å². The number of nitrogens with one attached hydrogen (secondary N) is 1. The number of aromatic nitrogens is 1. The van der Waals surface area contributed by atoms with E-state index in [1.165, 1.54) is 0 Å². The lowest BCUT2D eigenvalue weighted by atomic mass is 10.1. The number of hydrogen-bond donors (Lipinski definition) is 1. The summed E-state index contributed by atoms with van der Waals surface area (Å²) < 4.78 is 10.8. The quantitative estimate of drug-likeness (QED) is 0.537. The molecule has 132 valence electrons. The van der Waals surface area contributed by atoms with Crippen LogP contribution in [-0.4, -0.2) is 17.6 Å². The van der Waals surface area contributed by atoms with E-state index < -0.39 is 5.97 Å².